The maximum absolute atomic E-state index is 13.5. The molecule has 1 aliphatic carbocycles. The van der Waals surface area contributed by atoms with Gasteiger partial charge in [-0.1, -0.05) is 26.7 Å². The van der Waals surface area contributed by atoms with Gasteiger partial charge in [0.05, 0.1) is 17.4 Å². The molecule has 1 fully saturated rings. The topological polar surface area (TPSA) is 43.1 Å². The zero-order chi connectivity index (χ0) is 21.1. The molecule has 2 heterocycles. The Morgan fingerprint density at radius 2 is 1.83 bits per heavy atom. The van der Waals surface area contributed by atoms with Crippen LogP contribution in [-0.4, -0.2) is 20.4 Å². The molecule has 4 nitrogen and oxygen atoms in total. The number of aromatic nitrogens is 3. The normalized spacial score (nSPS) is 14.3. The summed E-state index contributed by atoms with van der Waals surface area (Å²) in [5.41, 5.74) is 1.22. The molecule has 1 aromatic carbocycles. The number of imidazole rings is 1. The number of hydrogen-bond donors (Lipinski definition) is 0. The Morgan fingerprint density at radius 3 is 2.41 bits per heavy atom. The van der Waals surface area contributed by atoms with Crippen LogP contribution >= 0.6 is 0 Å². The van der Waals surface area contributed by atoms with Crippen molar-refractivity contribution in [2.75, 3.05) is 0 Å². The van der Waals surface area contributed by atoms with E-state index in [1.165, 1.54) is 31.4 Å². The smallest absolute Gasteiger partial charge is 0.280 e. The lowest BCUT2D eigenvalue weighted by Gasteiger charge is -2.09. The lowest BCUT2D eigenvalue weighted by Crippen LogP contribution is -2.09. The molecule has 0 aliphatic heterocycles. The summed E-state index contributed by atoms with van der Waals surface area (Å²) >= 11 is 0. The van der Waals surface area contributed by atoms with Gasteiger partial charge in [0.1, 0.15) is 23.4 Å². The average Bonchev–Trinajstić information content (AvgIpc) is 3.36. The van der Waals surface area contributed by atoms with E-state index in [0.717, 1.165) is 18.1 Å². The van der Waals surface area contributed by atoms with E-state index < -0.39 is 18.1 Å². The number of benzene rings is 1. The van der Waals surface area contributed by atoms with E-state index in [0.29, 0.717) is 28.9 Å². The van der Waals surface area contributed by atoms with Gasteiger partial charge in [0.15, 0.2) is 11.6 Å². The Labute approximate surface area is 166 Å². The van der Waals surface area contributed by atoms with Crippen molar-refractivity contribution in [1.29, 1.82) is 0 Å². The molecule has 0 spiro atoms. The maximum Gasteiger partial charge on any atom is 0.280 e. The highest BCUT2D eigenvalue weighted by Crippen LogP contribution is 2.27. The number of pyridine rings is 1. The van der Waals surface area contributed by atoms with Crippen LogP contribution < -0.4 is 0 Å². The molecule has 0 unspecified atom stereocenters. The van der Waals surface area contributed by atoms with Gasteiger partial charge in [-0.15, -0.1) is 0 Å². The molecule has 1 saturated carbocycles. The van der Waals surface area contributed by atoms with Crippen LogP contribution in [0.15, 0.2) is 35.7 Å². The van der Waals surface area contributed by atoms with E-state index in [9.17, 15) is 17.6 Å². The third kappa shape index (κ3) is 4.99. The third-order valence-electron chi connectivity index (χ3n) is 4.63. The highest BCUT2D eigenvalue weighted by molar-refractivity contribution is 5.94. The molecule has 154 valence electrons. The molecule has 8 heteroatoms. The van der Waals surface area contributed by atoms with Crippen LogP contribution in [0.1, 0.15) is 50.8 Å². The Kier molecular flexibility index (Phi) is 6.30. The summed E-state index contributed by atoms with van der Waals surface area (Å²) in [6.45, 7) is 5.70. The highest BCUT2D eigenvalue weighted by Gasteiger charge is 2.15. The first-order chi connectivity index (χ1) is 13.8. The lowest BCUT2D eigenvalue weighted by atomic mass is 10.2. The van der Waals surface area contributed by atoms with E-state index in [1.807, 2.05) is 6.92 Å². The number of aliphatic imine (C=N–C) groups is 1. The van der Waals surface area contributed by atoms with Crippen molar-refractivity contribution < 1.29 is 17.6 Å². The van der Waals surface area contributed by atoms with Crippen LogP contribution in [0, 0.1) is 24.5 Å². The van der Waals surface area contributed by atoms with Gasteiger partial charge < -0.3 is 0 Å². The van der Waals surface area contributed by atoms with Gasteiger partial charge in [0.2, 0.25) is 0 Å². The molecule has 0 atom stereocenters. The molecular formula is C21H22F4N4. The molecule has 3 aromatic rings. The summed E-state index contributed by atoms with van der Waals surface area (Å²) < 4.78 is 54.1. The minimum Gasteiger partial charge on any atom is -0.286 e. The van der Waals surface area contributed by atoms with Crippen molar-refractivity contribution in [2.24, 2.45) is 10.9 Å². The van der Waals surface area contributed by atoms with Gasteiger partial charge in [-0.25, -0.2) is 27.5 Å². The molecule has 2 aromatic heterocycles. The van der Waals surface area contributed by atoms with Crippen molar-refractivity contribution in [3.63, 3.8) is 0 Å². The zero-order valence-electron chi connectivity index (χ0n) is 16.5. The van der Waals surface area contributed by atoms with Crippen LogP contribution in [0.3, 0.4) is 0 Å². The summed E-state index contributed by atoms with van der Waals surface area (Å²) in [4.78, 5) is 12.2. The molecular weight excluding hydrogens is 384 g/mol. The Morgan fingerprint density at radius 1 is 1.17 bits per heavy atom. The van der Waals surface area contributed by atoms with Crippen molar-refractivity contribution in [3.05, 3.63) is 53.6 Å². The Hall–Kier alpha value is -2.77. The summed E-state index contributed by atoms with van der Waals surface area (Å²) in [6.07, 6.45) is 3.40. The lowest BCUT2D eigenvalue weighted by molar-refractivity contribution is 0.146. The van der Waals surface area contributed by atoms with Gasteiger partial charge in [-0.05, 0) is 30.5 Å². The number of rotatable bonds is 3. The van der Waals surface area contributed by atoms with Crippen LogP contribution in [0.5, 0.6) is 0 Å². The van der Waals surface area contributed by atoms with Gasteiger partial charge in [-0.2, -0.15) is 0 Å². The summed E-state index contributed by atoms with van der Waals surface area (Å²) in [6, 6.07) is 3.31. The molecule has 0 amide bonds. The largest absolute Gasteiger partial charge is 0.286 e. The first-order valence-electron chi connectivity index (χ1n) is 9.44. The van der Waals surface area contributed by atoms with Crippen LogP contribution in [-0.2, 0) is 0 Å². The second kappa shape index (κ2) is 8.71. The van der Waals surface area contributed by atoms with Crippen molar-refractivity contribution in [3.8, 4) is 0 Å². The van der Waals surface area contributed by atoms with Crippen LogP contribution in [0.25, 0.3) is 11.0 Å². The summed E-state index contributed by atoms with van der Waals surface area (Å²) in [5.74, 6) is -0.405. The monoisotopic (exact) mass is 406 g/mol. The van der Waals surface area contributed by atoms with E-state index in [1.54, 1.807) is 11.5 Å². The summed E-state index contributed by atoms with van der Waals surface area (Å²) in [5, 5.41) is 0. The zero-order valence-corrected chi connectivity index (χ0v) is 16.5. The first kappa shape index (κ1) is 21.0. The van der Waals surface area contributed by atoms with Crippen LogP contribution in [0.2, 0.25) is 0 Å². The molecule has 0 bridgehead atoms. The van der Waals surface area contributed by atoms with E-state index in [2.05, 4.69) is 21.9 Å². The number of alkyl halides is 2. The van der Waals surface area contributed by atoms with Gasteiger partial charge >= 0.3 is 0 Å². The van der Waals surface area contributed by atoms with E-state index in [-0.39, 0.29) is 11.4 Å². The number of hydrogen-bond acceptors (Lipinski definition) is 3. The molecule has 4 rings (SSSR count). The van der Waals surface area contributed by atoms with E-state index >= 15 is 0 Å². The molecule has 0 saturated heterocycles. The second-order valence-electron chi connectivity index (χ2n) is 7.13. The van der Waals surface area contributed by atoms with Crippen molar-refractivity contribution in [2.45, 2.75) is 46.5 Å². The predicted octanol–water partition coefficient (Wildman–Crippen LogP) is 6.36. The fourth-order valence-electron chi connectivity index (χ4n) is 2.62. The first-order valence-corrected chi connectivity index (χ1v) is 9.44. The molecule has 0 radical (unpaired) electrons. The number of nitrogens with zero attached hydrogens (tertiary/aromatic N) is 4. The fraction of sp³-hybridized carbons (Fsp3) is 0.381. The SMILES string of the molecule is CC1CC1.CCC(=Nc1cc(F)c(F)cc1C)n1cnc2cnc(C(F)F)cc21. The van der Waals surface area contributed by atoms with Crippen molar-refractivity contribution in [1.82, 2.24) is 14.5 Å². The van der Waals surface area contributed by atoms with Gasteiger partial charge in [-0.3, -0.25) is 9.55 Å². The third-order valence-corrected chi connectivity index (χ3v) is 4.63. The summed E-state index contributed by atoms with van der Waals surface area (Å²) in [7, 11) is 0. The second-order valence-corrected chi connectivity index (χ2v) is 7.13. The Bertz CT molecular complexity index is 1040. The quantitative estimate of drug-likeness (QED) is 0.289. The van der Waals surface area contributed by atoms with E-state index in [4.69, 9.17) is 0 Å². The average molecular weight is 406 g/mol. The molecule has 1 aliphatic rings. The molecule has 0 N–H and O–H groups in total. The number of fused-ring (bicyclic) bond motifs is 1. The standard InChI is InChI=1S/C17H14F4N4.C4H8/c1-3-16(24-12-5-11(19)10(18)4-9(12)2)25-8-23-14-7-22-13(17(20)21)6-15(14)25;1-4-2-3-4/h4-8,17H,3H2,1-2H3;4H,2-3H2,1H3. The number of aryl methyl sites for hydroxylation is 1. The fourth-order valence-corrected chi connectivity index (χ4v) is 2.62. The Balaban J connectivity index is 0.000000536. The van der Waals surface area contributed by atoms with Crippen molar-refractivity contribution >= 4 is 22.6 Å². The molecule has 29 heavy (non-hydrogen) atoms. The van der Waals surface area contributed by atoms with Crippen LogP contribution in [0.4, 0.5) is 23.2 Å². The van der Waals surface area contributed by atoms with Gasteiger partial charge in [0, 0.05) is 12.5 Å². The minimum absolute atomic E-state index is 0.265. The highest BCUT2D eigenvalue weighted by atomic mass is 19.3. The van der Waals surface area contributed by atoms with Gasteiger partial charge in [0.25, 0.3) is 6.43 Å². The predicted molar refractivity (Wildman–Crippen MR) is 105 cm³/mol. The number of halogens is 4. The maximum atomic E-state index is 13.5. The minimum atomic E-state index is -2.71.